The molecular weight excluding hydrogens is 308 g/mol. The van der Waals surface area contributed by atoms with Crippen molar-refractivity contribution in [1.29, 1.82) is 0 Å². The Kier molecular flexibility index (Phi) is 6.02. The van der Waals surface area contributed by atoms with Crippen molar-refractivity contribution >= 4 is 11.5 Å². The highest BCUT2D eigenvalue weighted by Gasteiger charge is 2.24. The van der Waals surface area contributed by atoms with Crippen LogP contribution in [-0.4, -0.2) is 30.4 Å². The van der Waals surface area contributed by atoms with Crippen molar-refractivity contribution in [3.8, 4) is 0 Å². The second-order valence-electron chi connectivity index (χ2n) is 6.52. The van der Waals surface area contributed by atoms with Gasteiger partial charge in [0.25, 0.3) is 0 Å². The summed E-state index contributed by atoms with van der Waals surface area (Å²) in [4.78, 5) is 15.3. The molecule has 0 spiro atoms. The quantitative estimate of drug-likeness (QED) is 0.870. The number of nitrogens with one attached hydrogen (secondary N) is 1. The van der Waals surface area contributed by atoms with Crippen LogP contribution in [0.2, 0.25) is 0 Å². The molecule has 1 amide bonds. The zero-order valence-corrected chi connectivity index (χ0v) is 14.9. The molecule has 0 aromatic heterocycles. The summed E-state index contributed by atoms with van der Waals surface area (Å²) in [5, 5.41) is 3.11. The molecule has 1 aliphatic heterocycles. The summed E-state index contributed by atoms with van der Waals surface area (Å²) < 4.78 is 0. The monoisotopic (exact) mass is 334 g/mol. The summed E-state index contributed by atoms with van der Waals surface area (Å²) in [6.07, 6.45) is 2.04. The van der Waals surface area contributed by atoms with E-state index in [2.05, 4.69) is 29.3 Å². The molecule has 130 valence electrons. The zero-order valence-electron chi connectivity index (χ0n) is 14.9. The molecule has 3 rings (SSSR count). The fraction of sp³-hybridized carbons (Fsp3) is 0.318. The van der Waals surface area contributed by atoms with E-state index >= 15 is 0 Å². The van der Waals surface area contributed by atoms with Crippen LogP contribution in [0.4, 0.5) is 0 Å². The molecule has 0 bridgehead atoms. The zero-order chi connectivity index (χ0) is 17.5. The van der Waals surface area contributed by atoms with E-state index < -0.39 is 0 Å². The summed E-state index contributed by atoms with van der Waals surface area (Å²) in [6, 6.07) is 20.4. The fourth-order valence-corrected chi connectivity index (χ4v) is 3.38. The third-order valence-corrected chi connectivity index (χ3v) is 4.66. The first-order chi connectivity index (χ1) is 12.3. The van der Waals surface area contributed by atoms with Gasteiger partial charge in [0.15, 0.2) is 0 Å². The van der Waals surface area contributed by atoms with Crippen LogP contribution >= 0.6 is 0 Å². The Morgan fingerprint density at radius 1 is 1.04 bits per heavy atom. The first-order valence-corrected chi connectivity index (χ1v) is 9.10. The second-order valence-corrected chi connectivity index (χ2v) is 6.52. The third-order valence-electron chi connectivity index (χ3n) is 4.66. The molecule has 1 N–H and O–H groups in total. The number of rotatable bonds is 6. The van der Waals surface area contributed by atoms with Gasteiger partial charge in [0.1, 0.15) is 0 Å². The lowest BCUT2D eigenvalue weighted by Crippen LogP contribution is -2.38. The Balaban J connectivity index is 1.80. The van der Waals surface area contributed by atoms with Crippen molar-refractivity contribution in [2.24, 2.45) is 0 Å². The summed E-state index contributed by atoms with van der Waals surface area (Å²) in [6.45, 7) is 5.55. The lowest BCUT2D eigenvalue weighted by atomic mass is 9.92. The predicted molar refractivity (Wildman–Crippen MR) is 103 cm³/mol. The molecule has 2 aromatic rings. The summed E-state index contributed by atoms with van der Waals surface area (Å²) in [5.41, 5.74) is 4.41. The van der Waals surface area contributed by atoms with Gasteiger partial charge in [-0.1, -0.05) is 67.6 Å². The summed E-state index contributed by atoms with van der Waals surface area (Å²) in [5.74, 6) is 0.0588. The molecule has 3 heteroatoms. The Hall–Kier alpha value is -2.39. The van der Waals surface area contributed by atoms with E-state index in [1.54, 1.807) is 0 Å². The number of carbonyl (C=O) groups excluding carboxylic acids is 1. The maximum Gasteiger partial charge on any atom is 0.249 e. The van der Waals surface area contributed by atoms with E-state index in [1.165, 1.54) is 11.1 Å². The molecule has 2 aromatic carbocycles. The van der Waals surface area contributed by atoms with Gasteiger partial charge < -0.3 is 5.32 Å². The maximum absolute atomic E-state index is 12.9. The Bertz CT molecular complexity index is 722. The molecular formula is C22H26N2O. The molecule has 25 heavy (non-hydrogen) atoms. The number of hydrogen-bond acceptors (Lipinski definition) is 2. The van der Waals surface area contributed by atoms with Gasteiger partial charge in [-0.3, -0.25) is 9.69 Å². The van der Waals surface area contributed by atoms with Crippen molar-refractivity contribution < 1.29 is 4.79 Å². The lowest BCUT2D eigenvalue weighted by Gasteiger charge is -2.30. The first-order valence-electron chi connectivity index (χ1n) is 9.10. The van der Waals surface area contributed by atoms with E-state index in [1.807, 2.05) is 48.5 Å². The van der Waals surface area contributed by atoms with Gasteiger partial charge in [-0.25, -0.2) is 0 Å². The van der Waals surface area contributed by atoms with Crippen molar-refractivity contribution in [3.05, 3.63) is 77.4 Å². The highest BCUT2D eigenvalue weighted by atomic mass is 16.1. The minimum absolute atomic E-state index is 0.0588. The standard InChI is InChI=1S/C22H26N2O/c1-2-14-24-15-13-20(19-11-7-4-8-12-19)21(17-24)22(25)23-16-18-9-5-3-6-10-18/h3-12H,2,13-17H2,1H3,(H,23,25). The number of hydrogen-bond donors (Lipinski definition) is 1. The number of benzene rings is 2. The second kappa shape index (κ2) is 8.63. The van der Waals surface area contributed by atoms with Gasteiger partial charge in [-0.2, -0.15) is 0 Å². The SMILES string of the molecule is CCCN1CCC(c2ccccc2)=C(C(=O)NCc2ccccc2)C1. The van der Waals surface area contributed by atoms with E-state index in [4.69, 9.17) is 0 Å². The van der Waals surface area contributed by atoms with Crippen LogP contribution in [0.15, 0.2) is 66.2 Å². The molecule has 1 aliphatic rings. The molecule has 0 aliphatic carbocycles. The van der Waals surface area contributed by atoms with Crippen LogP contribution in [0.5, 0.6) is 0 Å². The molecule has 0 saturated carbocycles. The smallest absolute Gasteiger partial charge is 0.249 e. The number of amides is 1. The average molecular weight is 334 g/mol. The minimum atomic E-state index is 0.0588. The molecule has 0 unspecified atom stereocenters. The van der Waals surface area contributed by atoms with Gasteiger partial charge in [0, 0.05) is 25.2 Å². The van der Waals surface area contributed by atoms with Crippen molar-refractivity contribution in [1.82, 2.24) is 10.2 Å². The maximum atomic E-state index is 12.9. The van der Waals surface area contributed by atoms with E-state index in [0.717, 1.165) is 43.6 Å². The Morgan fingerprint density at radius 3 is 2.40 bits per heavy atom. The molecule has 0 atom stereocenters. The van der Waals surface area contributed by atoms with Crippen LogP contribution in [-0.2, 0) is 11.3 Å². The highest BCUT2D eigenvalue weighted by Crippen LogP contribution is 2.27. The van der Waals surface area contributed by atoms with E-state index in [9.17, 15) is 4.79 Å². The van der Waals surface area contributed by atoms with E-state index in [-0.39, 0.29) is 5.91 Å². The molecule has 0 saturated heterocycles. The molecule has 0 radical (unpaired) electrons. The van der Waals surface area contributed by atoms with E-state index in [0.29, 0.717) is 6.54 Å². The van der Waals surface area contributed by atoms with Gasteiger partial charge >= 0.3 is 0 Å². The van der Waals surface area contributed by atoms with Crippen molar-refractivity contribution in [2.45, 2.75) is 26.3 Å². The van der Waals surface area contributed by atoms with Gasteiger partial charge in [-0.15, -0.1) is 0 Å². The van der Waals surface area contributed by atoms with Crippen LogP contribution < -0.4 is 5.32 Å². The van der Waals surface area contributed by atoms with Crippen LogP contribution in [0, 0.1) is 0 Å². The summed E-state index contributed by atoms with van der Waals surface area (Å²) in [7, 11) is 0. The normalized spacial score (nSPS) is 15.2. The minimum Gasteiger partial charge on any atom is -0.348 e. The van der Waals surface area contributed by atoms with Gasteiger partial charge in [0.05, 0.1) is 0 Å². The lowest BCUT2D eigenvalue weighted by molar-refractivity contribution is -0.117. The fourth-order valence-electron chi connectivity index (χ4n) is 3.38. The number of nitrogens with zero attached hydrogens (tertiary/aromatic N) is 1. The molecule has 3 nitrogen and oxygen atoms in total. The third kappa shape index (κ3) is 4.58. The Morgan fingerprint density at radius 2 is 1.72 bits per heavy atom. The number of carbonyl (C=O) groups is 1. The average Bonchev–Trinajstić information content (AvgIpc) is 2.68. The van der Waals surface area contributed by atoms with Gasteiger partial charge in [-0.05, 0) is 36.1 Å². The Labute approximate surface area is 150 Å². The molecule has 1 heterocycles. The predicted octanol–water partition coefficient (Wildman–Crippen LogP) is 3.87. The van der Waals surface area contributed by atoms with Crippen LogP contribution in [0.25, 0.3) is 5.57 Å². The topological polar surface area (TPSA) is 32.3 Å². The van der Waals surface area contributed by atoms with Crippen LogP contribution in [0.3, 0.4) is 0 Å². The van der Waals surface area contributed by atoms with Crippen molar-refractivity contribution in [2.75, 3.05) is 19.6 Å². The first kappa shape index (κ1) is 17.4. The van der Waals surface area contributed by atoms with Crippen LogP contribution in [0.1, 0.15) is 30.9 Å². The van der Waals surface area contributed by atoms with Crippen molar-refractivity contribution in [3.63, 3.8) is 0 Å². The van der Waals surface area contributed by atoms with Gasteiger partial charge in [0.2, 0.25) is 5.91 Å². The highest BCUT2D eigenvalue weighted by molar-refractivity contribution is 6.02. The molecule has 0 fully saturated rings. The summed E-state index contributed by atoms with van der Waals surface area (Å²) >= 11 is 0. The largest absolute Gasteiger partial charge is 0.348 e.